The van der Waals surface area contributed by atoms with Gasteiger partial charge in [0.25, 0.3) is 11.4 Å². The van der Waals surface area contributed by atoms with Gasteiger partial charge in [-0.25, -0.2) is 0 Å². The van der Waals surface area contributed by atoms with Gasteiger partial charge in [0.15, 0.2) is 0 Å². The van der Waals surface area contributed by atoms with E-state index in [0.29, 0.717) is 0 Å². The molecule has 0 unspecified atom stereocenters. The molecule has 2 saturated heterocycles. The molecule has 0 spiro atoms. The van der Waals surface area contributed by atoms with Crippen molar-refractivity contribution in [3.8, 4) is 0 Å². The van der Waals surface area contributed by atoms with Crippen molar-refractivity contribution < 1.29 is 9.85 Å². The molecule has 0 N–H and O–H groups in total. The number of anilines is 2. The summed E-state index contributed by atoms with van der Waals surface area (Å²) in [5.74, 6) is 0. The van der Waals surface area contributed by atoms with Crippen LogP contribution in [0, 0.1) is 34.1 Å². The SMILES string of the molecule is Cc1ccc(N2CCCCC2)c([N+](=O)[O-])c1.Cc1ccc(N2CCCCC2)c([N+](=O)[O-])c1. The highest BCUT2D eigenvalue weighted by atomic mass is 16.6. The van der Waals surface area contributed by atoms with Crippen LogP contribution in [-0.4, -0.2) is 36.0 Å². The number of nitro benzene ring substituents is 2. The first-order valence-electron chi connectivity index (χ1n) is 11.4. The highest BCUT2D eigenvalue weighted by Gasteiger charge is 2.21. The molecule has 0 aromatic heterocycles. The van der Waals surface area contributed by atoms with Gasteiger partial charge in [-0.05, 0) is 75.6 Å². The van der Waals surface area contributed by atoms with E-state index in [1.807, 2.05) is 38.1 Å². The van der Waals surface area contributed by atoms with Gasteiger partial charge in [-0.15, -0.1) is 0 Å². The minimum absolute atomic E-state index is 0.238. The largest absolute Gasteiger partial charge is 0.366 e. The van der Waals surface area contributed by atoms with E-state index in [2.05, 4.69) is 9.80 Å². The van der Waals surface area contributed by atoms with Gasteiger partial charge >= 0.3 is 0 Å². The Morgan fingerprint density at radius 2 is 0.969 bits per heavy atom. The molecular formula is C24H32N4O4. The first-order valence-corrected chi connectivity index (χ1v) is 11.4. The maximum atomic E-state index is 11.0. The lowest BCUT2D eigenvalue weighted by Crippen LogP contribution is -2.29. The van der Waals surface area contributed by atoms with Gasteiger partial charge in [0.2, 0.25) is 0 Å². The monoisotopic (exact) mass is 440 g/mol. The summed E-state index contributed by atoms with van der Waals surface area (Å²) in [6, 6.07) is 10.9. The molecule has 0 bridgehead atoms. The van der Waals surface area contributed by atoms with Gasteiger partial charge in [-0.3, -0.25) is 20.2 Å². The summed E-state index contributed by atoms with van der Waals surface area (Å²) in [4.78, 5) is 25.7. The van der Waals surface area contributed by atoms with E-state index >= 15 is 0 Å². The maximum Gasteiger partial charge on any atom is 0.292 e. The van der Waals surface area contributed by atoms with Gasteiger partial charge in [-0.2, -0.15) is 0 Å². The normalized spacial score (nSPS) is 16.2. The summed E-state index contributed by atoms with van der Waals surface area (Å²) in [6.07, 6.45) is 6.98. The summed E-state index contributed by atoms with van der Waals surface area (Å²) in [7, 11) is 0. The predicted octanol–water partition coefficient (Wildman–Crippen LogP) is 5.79. The van der Waals surface area contributed by atoms with E-state index in [0.717, 1.165) is 74.4 Å². The van der Waals surface area contributed by atoms with E-state index in [-0.39, 0.29) is 21.2 Å². The molecule has 4 rings (SSSR count). The van der Waals surface area contributed by atoms with Crippen molar-refractivity contribution in [3.05, 3.63) is 67.8 Å². The lowest BCUT2D eigenvalue weighted by molar-refractivity contribution is -0.384. The molecule has 0 radical (unpaired) electrons. The Kier molecular flexibility index (Phi) is 8.03. The standard InChI is InChI=1S/2C12H16N2O2/c2*1-10-5-6-11(12(9-10)14(15)16)13-7-3-2-4-8-13/h2*5-6,9H,2-4,7-8H2,1H3. The molecule has 2 aromatic rings. The van der Waals surface area contributed by atoms with E-state index in [4.69, 9.17) is 0 Å². The zero-order chi connectivity index (χ0) is 23.1. The third kappa shape index (κ3) is 5.96. The summed E-state index contributed by atoms with van der Waals surface area (Å²) in [5, 5.41) is 22.0. The molecule has 2 aliphatic rings. The van der Waals surface area contributed by atoms with Crippen molar-refractivity contribution in [2.75, 3.05) is 36.0 Å². The topological polar surface area (TPSA) is 92.8 Å². The molecule has 2 heterocycles. The van der Waals surface area contributed by atoms with Crippen LogP contribution in [0.2, 0.25) is 0 Å². The number of nitro groups is 2. The van der Waals surface area contributed by atoms with Crippen molar-refractivity contribution in [2.24, 2.45) is 0 Å². The van der Waals surface area contributed by atoms with Crippen LogP contribution in [0.4, 0.5) is 22.7 Å². The minimum Gasteiger partial charge on any atom is -0.366 e. The van der Waals surface area contributed by atoms with Gasteiger partial charge in [0.1, 0.15) is 11.4 Å². The molecule has 0 atom stereocenters. The molecular weight excluding hydrogens is 408 g/mol. The van der Waals surface area contributed by atoms with Crippen molar-refractivity contribution in [1.82, 2.24) is 0 Å². The van der Waals surface area contributed by atoms with Crippen LogP contribution in [0.15, 0.2) is 36.4 Å². The fraction of sp³-hybridized carbons (Fsp3) is 0.500. The molecule has 0 aliphatic carbocycles. The number of nitrogens with zero attached hydrogens (tertiary/aromatic N) is 4. The van der Waals surface area contributed by atoms with Crippen LogP contribution in [-0.2, 0) is 0 Å². The quantitative estimate of drug-likeness (QED) is 0.441. The first kappa shape index (κ1) is 23.5. The van der Waals surface area contributed by atoms with Crippen LogP contribution in [0.25, 0.3) is 0 Å². The van der Waals surface area contributed by atoms with Gasteiger partial charge < -0.3 is 9.80 Å². The molecule has 32 heavy (non-hydrogen) atoms. The third-order valence-corrected chi connectivity index (χ3v) is 6.05. The predicted molar refractivity (Wildman–Crippen MR) is 128 cm³/mol. The fourth-order valence-electron chi connectivity index (χ4n) is 4.36. The Bertz CT molecular complexity index is 874. The molecule has 8 heteroatoms. The second kappa shape index (κ2) is 10.9. The zero-order valence-electron chi connectivity index (χ0n) is 19.0. The Morgan fingerprint density at radius 1 is 0.625 bits per heavy atom. The third-order valence-electron chi connectivity index (χ3n) is 6.05. The maximum absolute atomic E-state index is 11.0. The number of rotatable bonds is 4. The zero-order valence-corrected chi connectivity index (χ0v) is 19.0. The van der Waals surface area contributed by atoms with Crippen molar-refractivity contribution in [2.45, 2.75) is 52.4 Å². The molecule has 0 amide bonds. The Hall–Kier alpha value is -3.16. The highest BCUT2D eigenvalue weighted by Crippen LogP contribution is 2.32. The second-order valence-corrected chi connectivity index (χ2v) is 8.59. The number of piperidine rings is 2. The van der Waals surface area contributed by atoms with Gasteiger partial charge in [0.05, 0.1) is 9.85 Å². The van der Waals surface area contributed by atoms with E-state index in [1.165, 1.54) is 12.8 Å². The number of benzene rings is 2. The van der Waals surface area contributed by atoms with Crippen LogP contribution < -0.4 is 9.80 Å². The van der Waals surface area contributed by atoms with E-state index in [1.54, 1.807) is 12.1 Å². The Labute approximate surface area is 189 Å². The average Bonchev–Trinajstić information content (AvgIpc) is 2.80. The van der Waals surface area contributed by atoms with Crippen LogP contribution >= 0.6 is 0 Å². The number of hydrogen-bond donors (Lipinski definition) is 0. The Morgan fingerprint density at radius 3 is 1.28 bits per heavy atom. The molecule has 2 aromatic carbocycles. The lowest BCUT2D eigenvalue weighted by Gasteiger charge is -2.28. The molecule has 172 valence electrons. The van der Waals surface area contributed by atoms with E-state index < -0.39 is 0 Å². The van der Waals surface area contributed by atoms with Crippen molar-refractivity contribution >= 4 is 22.7 Å². The average molecular weight is 441 g/mol. The molecule has 0 saturated carbocycles. The van der Waals surface area contributed by atoms with Crippen molar-refractivity contribution in [3.63, 3.8) is 0 Å². The lowest BCUT2D eigenvalue weighted by atomic mass is 10.1. The van der Waals surface area contributed by atoms with Crippen LogP contribution in [0.1, 0.15) is 49.7 Å². The molecule has 2 aliphatic heterocycles. The summed E-state index contributed by atoms with van der Waals surface area (Å²) in [5.41, 5.74) is 3.90. The van der Waals surface area contributed by atoms with Crippen molar-refractivity contribution in [1.29, 1.82) is 0 Å². The van der Waals surface area contributed by atoms with Crippen LogP contribution in [0.3, 0.4) is 0 Å². The van der Waals surface area contributed by atoms with E-state index in [9.17, 15) is 20.2 Å². The van der Waals surface area contributed by atoms with Crippen LogP contribution in [0.5, 0.6) is 0 Å². The fourth-order valence-corrected chi connectivity index (χ4v) is 4.36. The van der Waals surface area contributed by atoms with Gasteiger partial charge in [-0.1, -0.05) is 12.1 Å². The first-order chi connectivity index (χ1) is 15.4. The number of hydrogen-bond acceptors (Lipinski definition) is 6. The van der Waals surface area contributed by atoms with Gasteiger partial charge in [0, 0.05) is 38.3 Å². The summed E-state index contributed by atoms with van der Waals surface area (Å²) in [6.45, 7) is 7.50. The smallest absolute Gasteiger partial charge is 0.292 e. The number of aryl methyl sites for hydroxylation is 2. The summed E-state index contributed by atoms with van der Waals surface area (Å²) >= 11 is 0. The highest BCUT2D eigenvalue weighted by molar-refractivity contribution is 5.65. The molecule has 2 fully saturated rings. The minimum atomic E-state index is -0.281. The Balaban J connectivity index is 0.000000181. The second-order valence-electron chi connectivity index (χ2n) is 8.59. The molecule has 8 nitrogen and oxygen atoms in total. The summed E-state index contributed by atoms with van der Waals surface area (Å²) < 4.78 is 0.